The van der Waals surface area contributed by atoms with Crippen molar-refractivity contribution in [2.75, 3.05) is 0 Å². The molecular weight excluding hydrogens is 387 g/mol. The fourth-order valence-electron chi connectivity index (χ4n) is 3.26. The van der Waals surface area contributed by atoms with Gasteiger partial charge in [-0.15, -0.1) is 0 Å². The van der Waals surface area contributed by atoms with Gasteiger partial charge in [-0.3, -0.25) is 4.79 Å². The van der Waals surface area contributed by atoms with Gasteiger partial charge in [0.2, 0.25) is 11.3 Å². The van der Waals surface area contributed by atoms with Gasteiger partial charge >= 0.3 is 6.18 Å². The molecule has 5 rings (SSSR count). The predicted octanol–water partition coefficient (Wildman–Crippen LogP) is 5.48. The van der Waals surface area contributed by atoms with Crippen LogP contribution in [0, 0.1) is 0 Å². The van der Waals surface area contributed by atoms with Gasteiger partial charge in [-0.1, -0.05) is 12.1 Å². The molecule has 0 aliphatic carbocycles. The lowest BCUT2D eigenvalue weighted by Gasteiger charge is -2.05. The van der Waals surface area contributed by atoms with Crippen LogP contribution in [0.5, 0.6) is 5.75 Å². The fraction of sp³-hybridized carbons (Fsp3) is 0.0476. The molecule has 0 radical (unpaired) electrons. The number of aromatic hydroxyl groups is 1. The summed E-state index contributed by atoms with van der Waals surface area (Å²) < 4.78 is 49.7. The number of halogens is 3. The van der Waals surface area contributed by atoms with Gasteiger partial charge in [0.05, 0.1) is 10.9 Å². The highest BCUT2D eigenvalue weighted by atomic mass is 19.4. The van der Waals surface area contributed by atoms with E-state index in [1.165, 1.54) is 18.2 Å². The third-order valence-corrected chi connectivity index (χ3v) is 4.65. The molecule has 0 aliphatic heterocycles. The topological polar surface area (TPSA) is 76.5 Å². The van der Waals surface area contributed by atoms with Gasteiger partial charge in [-0.05, 0) is 36.4 Å². The number of nitrogens with zero attached hydrogens (tertiary/aromatic N) is 1. The lowest BCUT2D eigenvalue weighted by atomic mass is 10.1. The number of para-hydroxylation sites is 1. The lowest BCUT2D eigenvalue weighted by Crippen LogP contribution is -2.03. The number of rotatable bonds is 1. The van der Waals surface area contributed by atoms with E-state index >= 15 is 0 Å². The molecule has 1 N–H and O–H groups in total. The maximum atomic E-state index is 12.8. The van der Waals surface area contributed by atoms with Gasteiger partial charge < -0.3 is 13.9 Å². The zero-order valence-electron chi connectivity index (χ0n) is 14.4. The van der Waals surface area contributed by atoms with Crippen LogP contribution in [-0.2, 0) is 6.18 Å². The lowest BCUT2D eigenvalue weighted by molar-refractivity contribution is -0.137. The van der Waals surface area contributed by atoms with Gasteiger partial charge in [0.25, 0.3) is 0 Å². The molecule has 0 spiro atoms. The average molecular weight is 397 g/mol. The molecule has 5 aromatic rings. The molecule has 2 aromatic heterocycles. The SMILES string of the molecule is O=c1c2ccccc2oc2c1c(O)cc1oc(-c3ccc(C(F)(F)F)cc3)nc12. The van der Waals surface area contributed by atoms with Crippen molar-refractivity contribution in [3.05, 3.63) is 70.4 Å². The van der Waals surface area contributed by atoms with Crippen LogP contribution in [0.3, 0.4) is 0 Å². The summed E-state index contributed by atoms with van der Waals surface area (Å²) in [6, 6.07) is 12.1. The van der Waals surface area contributed by atoms with Crippen LogP contribution in [0.4, 0.5) is 13.2 Å². The molecule has 8 heteroatoms. The Kier molecular flexibility index (Phi) is 3.48. The number of oxazole rings is 1. The second-order valence-corrected chi connectivity index (χ2v) is 6.47. The molecule has 0 aliphatic rings. The maximum absolute atomic E-state index is 12.8. The molecule has 0 amide bonds. The normalized spacial score (nSPS) is 12.2. The van der Waals surface area contributed by atoms with Crippen LogP contribution < -0.4 is 5.43 Å². The van der Waals surface area contributed by atoms with Crippen molar-refractivity contribution >= 4 is 33.0 Å². The van der Waals surface area contributed by atoms with E-state index in [4.69, 9.17) is 8.83 Å². The van der Waals surface area contributed by atoms with E-state index < -0.39 is 17.2 Å². The minimum atomic E-state index is -4.45. The number of benzene rings is 3. The first kappa shape index (κ1) is 17.3. The molecule has 0 atom stereocenters. The smallest absolute Gasteiger partial charge is 0.416 e. The summed E-state index contributed by atoms with van der Waals surface area (Å²) in [5, 5.41) is 10.6. The maximum Gasteiger partial charge on any atom is 0.416 e. The van der Waals surface area contributed by atoms with Crippen molar-refractivity contribution in [2.45, 2.75) is 6.18 Å². The van der Waals surface area contributed by atoms with Gasteiger partial charge in [-0.2, -0.15) is 13.2 Å². The third-order valence-electron chi connectivity index (χ3n) is 4.65. The van der Waals surface area contributed by atoms with Crippen molar-refractivity contribution in [1.29, 1.82) is 0 Å². The molecule has 0 fully saturated rings. The standard InChI is InChI=1S/C21H10F3NO4/c22-21(23,24)11-7-5-10(6-8-11)20-25-17-15(29-20)9-13(26)16-18(27)12-3-1-2-4-14(12)28-19(16)17/h1-9,26H. The number of hydrogen-bond donors (Lipinski definition) is 1. The van der Waals surface area contributed by atoms with Gasteiger partial charge in [0, 0.05) is 11.6 Å². The van der Waals surface area contributed by atoms with E-state index in [0.717, 1.165) is 12.1 Å². The van der Waals surface area contributed by atoms with Crippen LogP contribution in [0.2, 0.25) is 0 Å². The number of phenols is 1. The van der Waals surface area contributed by atoms with Crippen molar-refractivity contribution in [2.24, 2.45) is 0 Å². The Morgan fingerprint density at radius 2 is 1.66 bits per heavy atom. The third kappa shape index (κ3) is 2.64. The number of alkyl halides is 3. The minimum absolute atomic E-state index is 0.0384. The average Bonchev–Trinajstić information content (AvgIpc) is 3.11. The van der Waals surface area contributed by atoms with Crippen molar-refractivity contribution in [1.82, 2.24) is 4.98 Å². The fourth-order valence-corrected chi connectivity index (χ4v) is 3.26. The Hall–Kier alpha value is -3.81. The second-order valence-electron chi connectivity index (χ2n) is 6.47. The van der Waals surface area contributed by atoms with Crippen LogP contribution in [0.15, 0.2) is 68.2 Å². The largest absolute Gasteiger partial charge is 0.507 e. The Balaban J connectivity index is 1.77. The van der Waals surface area contributed by atoms with Crippen molar-refractivity contribution < 1.29 is 27.1 Å². The molecule has 5 nitrogen and oxygen atoms in total. The Bertz CT molecular complexity index is 1460. The number of hydrogen-bond acceptors (Lipinski definition) is 5. The number of fused-ring (bicyclic) bond motifs is 4. The predicted molar refractivity (Wildman–Crippen MR) is 99.7 cm³/mol. The Morgan fingerprint density at radius 1 is 0.931 bits per heavy atom. The van der Waals surface area contributed by atoms with Crippen LogP contribution >= 0.6 is 0 Å². The summed E-state index contributed by atoms with van der Waals surface area (Å²) in [7, 11) is 0. The molecule has 0 saturated carbocycles. The Morgan fingerprint density at radius 3 is 2.38 bits per heavy atom. The quantitative estimate of drug-likeness (QED) is 0.379. The summed E-state index contributed by atoms with van der Waals surface area (Å²) in [6.07, 6.45) is -4.45. The summed E-state index contributed by atoms with van der Waals surface area (Å²) >= 11 is 0. The first-order valence-corrected chi connectivity index (χ1v) is 8.48. The number of aromatic nitrogens is 1. The molecule has 144 valence electrons. The van der Waals surface area contributed by atoms with E-state index in [0.29, 0.717) is 16.5 Å². The van der Waals surface area contributed by atoms with E-state index in [-0.39, 0.29) is 33.7 Å². The minimum Gasteiger partial charge on any atom is -0.507 e. The summed E-state index contributed by atoms with van der Waals surface area (Å²) in [5.74, 6) is -0.293. The second kappa shape index (κ2) is 5.84. The zero-order chi connectivity index (χ0) is 20.3. The summed E-state index contributed by atoms with van der Waals surface area (Å²) in [4.78, 5) is 17.1. The summed E-state index contributed by atoms with van der Waals surface area (Å²) in [5.41, 5.74) is -0.205. The van der Waals surface area contributed by atoms with E-state index in [9.17, 15) is 23.1 Å². The van der Waals surface area contributed by atoms with Crippen LogP contribution in [0.1, 0.15) is 5.56 Å². The van der Waals surface area contributed by atoms with E-state index in [2.05, 4.69) is 4.98 Å². The van der Waals surface area contributed by atoms with Gasteiger partial charge in [-0.25, -0.2) is 4.98 Å². The monoisotopic (exact) mass is 397 g/mol. The zero-order valence-corrected chi connectivity index (χ0v) is 14.4. The van der Waals surface area contributed by atoms with E-state index in [1.807, 2.05) is 0 Å². The number of phenolic OH excluding ortho intramolecular Hbond substituents is 1. The van der Waals surface area contributed by atoms with Crippen molar-refractivity contribution in [3.63, 3.8) is 0 Å². The molecule has 29 heavy (non-hydrogen) atoms. The molecule has 2 heterocycles. The first-order valence-electron chi connectivity index (χ1n) is 8.48. The van der Waals surface area contributed by atoms with Gasteiger partial charge in [0.15, 0.2) is 16.7 Å². The van der Waals surface area contributed by atoms with Crippen LogP contribution in [-0.4, -0.2) is 10.1 Å². The highest BCUT2D eigenvalue weighted by molar-refractivity contribution is 6.06. The Labute approximate surface area is 159 Å². The molecular formula is C21H10F3NO4. The molecule has 3 aromatic carbocycles. The molecule has 0 saturated heterocycles. The highest BCUT2D eigenvalue weighted by Crippen LogP contribution is 2.36. The molecule has 0 unspecified atom stereocenters. The van der Waals surface area contributed by atoms with E-state index in [1.54, 1.807) is 24.3 Å². The highest BCUT2D eigenvalue weighted by Gasteiger charge is 2.30. The van der Waals surface area contributed by atoms with Crippen LogP contribution in [0.25, 0.3) is 44.5 Å². The molecule has 0 bridgehead atoms. The van der Waals surface area contributed by atoms with Gasteiger partial charge in [0.1, 0.15) is 16.7 Å². The van der Waals surface area contributed by atoms with Crippen molar-refractivity contribution in [3.8, 4) is 17.2 Å². The first-order chi connectivity index (χ1) is 13.8. The summed E-state index contributed by atoms with van der Waals surface area (Å²) in [6.45, 7) is 0.